The highest BCUT2D eigenvalue weighted by molar-refractivity contribution is 5.31. The second-order valence-electron chi connectivity index (χ2n) is 5.47. The van der Waals surface area contributed by atoms with Gasteiger partial charge in [0.25, 0.3) is 0 Å². The van der Waals surface area contributed by atoms with Crippen molar-refractivity contribution in [1.29, 1.82) is 0 Å². The Labute approximate surface area is 110 Å². The molecule has 1 aromatic rings. The van der Waals surface area contributed by atoms with E-state index in [4.69, 9.17) is 4.74 Å². The molecule has 0 spiro atoms. The molecular formula is C16H24O2. The van der Waals surface area contributed by atoms with Gasteiger partial charge < -0.3 is 9.84 Å². The van der Waals surface area contributed by atoms with Gasteiger partial charge in [0.05, 0.1) is 12.7 Å². The zero-order chi connectivity index (χ0) is 13.0. The van der Waals surface area contributed by atoms with Crippen LogP contribution in [0, 0.1) is 13.8 Å². The predicted octanol–water partition coefficient (Wildman–Crippen LogP) is 3.69. The van der Waals surface area contributed by atoms with E-state index in [1.807, 2.05) is 19.1 Å². The van der Waals surface area contributed by atoms with Gasteiger partial charge in [0, 0.05) is 0 Å². The van der Waals surface area contributed by atoms with E-state index >= 15 is 0 Å². The maximum atomic E-state index is 10.2. The van der Waals surface area contributed by atoms with E-state index in [0.29, 0.717) is 12.7 Å². The van der Waals surface area contributed by atoms with Gasteiger partial charge in [0.1, 0.15) is 6.10 Å². The number of hydrogen-bond acceptors (Lipinski definition) is 2. The number of aryl methyl sites for hydroxylation is 2. The van der Waals surface area contributed by atoms with Crippen molar-refractivity contribution in [2.75, 3.05) is 6.61 Å². The van der Waals surface area contributed by atoms with Crippen LogP contribution in [-0.2, 0) is 4.74 Å². The highest BCUT2D eigenvalue weighted by atomic mass is 16.5. The molecule has 1 unspecified atom stereocenters. The number of hydrogen-bond donors (Lipinski definition) is 1. The largest absolute Gasteiger partial charge is 0.386 e. The number of aliphatic hydroxyl groups is 1. The molecule has 2 heteroatoms. The Balaban J connectivity index is 1.88. The van der Waals surface area contributed by atoms with Crippen molar-refractivity contribution in [3.63, 3.8) is 0 Å². The summed E-state index contributed by atoms with van der Waals surface area (Å²) in [4.78, 5) is 0. The lowest BCUT2D eigenvalue weighted by Crippen LogP contribution is -2.20. The third-order valence-electron chi connectivity index (χ3n) is 3.83. The topological polar surface area (TPSA) is 29.5 Å². The minimum absolute atomic E-state index is 0.360. The van der Waals surface area contributed by atoms with Gasteiger partial charge in [-0.2, -0.15) is 0 Å². The van der Waals surface area contributed by atoms with Crippen molar-refractivity contribution >= 4 is 0 Å². The minimum Gasteiger partial charge on any atom is -0.386 e. The van der Waals surface area contributed by atoms with E-state index in [0.717, 1.165) is 24.0 Å². The number of rotatable bonds is 4. The molecule has 0 radical (unpaired) electrons. The first-order chi connectivity index (χ1) is 8.66. The van der Waals surface area contributed by atoms with E-state index in [2.05, 4.69) is 13.0 Å². The molecular weight excluding hydrogens is 224 g/mol. The van der Waals surface area contributed by atoms with Crippen LogP contribution >= 0.6 is 0 Å². The van der Waals surface area contributed by atoms with Crippen molar-refractivity contribution in [3.8, 4) is 0 Å². The molecule has 1 fully saturated rings. The van der Waals surface area contributed by atoms with Crippen LogP contribution in [0.4, 0.5) is 0 Å². The molecule has 1 N–H and O–H groups in total. The zero-order valence-corrected chi connectivity index (χ0v) is 11.5. The highest BCUT2D eigenvalue weighted by Gasteiger charge is 2.17. The van der Waals surface area contributed by atoms with Crippen molar-refractivity contribution in [1.82, 2.24) is 0 Å². The molecule has 1 aliphatic rings. The van der Waals surface area contributed by atoms with Crippen molar-refractivity contribution in [3.05, 3.63) is 34.9 Å². The van der Waals surface area contributed by atoms with Crippen LogP contribution in [0.1, 0.15) is 54.9 Å². The summed E-state index contributed by atoms with van der Waals surface area (Å²) in [6.07, 6.45) is 6.04. The standard InChI is InChI=1S/C16H24O2/c1-12-8-9-15(13(2)10-12)16(17)11-18-14-6-4-3-5-7-14/h8-10,14,16-17H,3-7,11H2,1-2H3. The maximum absolute atomic E-state index is 10.2. The molecule has 1 atom stereocenters. The molecule has 2 nitrogen and oxygen atoms in total. The van der Waals surface area contributed by atoms with Crippen LogP contribution in [-0.4, -0.2) is 17.8 Å². The summed E-state index contributed by atoms with van der Waals surface area (Å²) in [5, 5.41) is 10.2. The number of ether oxygens (including phenoxy) is 1. The molecule has 0 aromatic heterocycles. The summed E-state index contributed by atoms with van der Waals surface area (Å²) in [5.41, 5.74) is 3.38. The summed E-state index contributed by atoms with van der Waals surface area (Å²) >= 11 is 0. The van der Waals surface area contributed by atoms with E-state index in [1.165, 1.54) is 24.8 Å². The first kappa shape index (κ1) is 13.6. The lowest BCUT2D eigenvalue weighted by molar-refractivity contribution is -0.0247. The Morgan fingerprint density at radius 3 is 2.61 bits per heavy atom. The van der Waals surface area contributed by atoms with Gasteiger partial charge in [-0.25, -0.2) is 0 Å². The predicted molar refractivity (Wildman–Crippen MR) is 73.7 cm³/mol. The summed E-state index contributed by atoms with van der Waals surface area (Å²) in [5.74, 6) is 0. The van der Waals surface area contributed by atoms with Gasteiger partial charge in [-0.15, -0.1) is 0 Å². The average molecular weight is 248 g/mol. The summed E-state index contributed by atoms with van der Waals surface area (Å²) in [7, 11) is 0. The summed E-state index contributed by atoms with van der Waals surface area (Å²) < 4.78 is 5.83. The lowest BCUT2D eigenvalue weighted by Gasteiger charge is -2.24. The van der Waals surface area contributed by atoms with Crippen molar-refractivity contribution < 1.29 is 9.84 Å². The van der Waals surface area contributed by atoms with Crippen LogP contribution < -0.4 is 0 Å². The first-order valence-electron chi connectivity index (χ1n) is 7.03. The molecule has 100 valence electrons. The molecule has 1 aliphatic carbocycles. The van der Waals surface area contributed by atoms with Crippen molar-refractivity contribution in [2.24, 2.45) is 0 Å². The zero-order valence-electron chi connectivity index (χ0n) is 11.5. The molecule has 0 bridgehead atoms. The second kappa shape index (κ2) is 6.35. The monoisotopic (exact) mass is 248 g/mol. The fourth-order valence-electron chi connectivity index (χ4n) is 2.75. The Bertz CT molecular complexity index is 381. The fraction of sp³-hybridized carbons (Fsp3) is 0.625. The highest BCUT2D eigenvalue weighted by Crippen LogP contribution is 2.23. The summed E-state index contributed by atoms with van der Waals surface area (Å²) in [6, 6.07) is 6.17. The molecule has 1 saturated carbocycles. The average Bonchev–Trinajstić information content (AvgIpc) is 2.37. The first-order valence-corrected chi connectivity index (χ1v) is 7.03. The van der Waals surface area contributed by atoms with E-state index in [9.17, 15) is 5.11 Å². The van der Waals surface area contributed by atoms with Gasteiger partial charge in [-0.3, -0.25) is 0 Å². The minimum atomic E-state index is -0.493. The lowest BCUT2D eigenvalue weighted by atomic mass is 9.97. The van der Waals surface area contributed by atoms with Gasteiger partial charge in [0.15, 0.2) is 0 Å². The summed E-state index contributed by atoms with van der Waals surface area (Å²) in [6.45, 7) is 4.54. The molecule has 1 aromatic carbocycles. The Kier molecular flexibility index (Phi) is 4.79. The van der Waals surface area contributed by atoms with E-state index in [-0.39, 0.29) is 0 Å². The Hall–Kier alpha value is -0.860. The molecule has 0 heterocycles. The molecule has 0 amide bonds. The van der Waals surface area contributed by atoms with E-state index < -0.39 is 6.10 Å². The number of benzene rings is 1. The third kappa shape index (κ3) is 3.56. The van der Waals surface area contributed by atoms with Crippen LogP contribution in [0.3, 0.4) is 0 Å². The quantitative estimate of drug-likeness (QED) is 0.880. The third-order valence-corrected chi connectivity index (χ3v) is 3.83. The molecule has 0 aliphatic heterocycles. The van der Waals surface area contributed by atoms with Crippen LogP contribution in [0.15, 0.2) is 18.2 Å². The van der Waals surface area contributed by atoms with Gasteiger partial charge in [-0.1, -0.05) is 43.0 Å². The fourth-order valence-corrected chi connectivity index (χ4v) is 2.75. The van der Waals surface area contributed by atoms with E-state index in [1.54, 1.807) is 0 Å². The SMILES string of the molecule is Cc1ccc(C(O)COC2CCCCC2)c(C)c1. The Morgan fingerprint density at radius 2 is 1.94 bits per heavy atom. The normalized spacial score (nSPS) is 18.8. The van der Waals surface area contributed by atoms with Gasteiger partial charge in [0.2, 0.25) is 0 Å². The van der Waals surface area contributed by atoms with Crippen LogP contribution in [0.25, 0.3) is 0 Å². The Morgan fingerprint density at radius 1 is 1.22 bits per heavy atom. The molecule has 18 heavy (non-hydrogen) atoms. The molecule has 0 saturated heterocycles. The maximum Gasteiger partial charge on any atom is 0.103 e. The van der Waals surface area contributed by atoms with Crippen LogP contribution in [0.5, 0.6) is 0 Å². The number of aliphatic hydroxyl groups excluding tert-OH is 1. The van der Waals surface area contributed by atoms with Gasteiger partial charge in [-0.05, 0) is 37.8 Å². The van der Waals surface area contributed by atoms with Crippen LogP contribution in [0.2, 0.25) is 0 Å². The van der Waals surface area contributed by atoms with Gasteiger partial charge >= 0.3 is 0 Å². The molecule has 2 rings (SSSR count). The van der Waals surface area contributed by atoms with Crippen molar-refractivity contribution in [2.45, 2.75) is 58.2 Å². The second-order valence-corrected chi connectivity index (χ2v) is 5.47. The smallest absolute Gasteiger partial charge is 0.103 e.